The SMILES string of the molecule is O=C1CCCc2nc(CN3CCN(C(=O)c4c(F)cccc4F)CC3)sc21. The maximum atomic E-state index is 13.8. The van der Waals surface area contributed by atoms with Gasteiger partial charge in [0.1, 0.15) is 22.2 Å². The van der Waals surface area contributed by atoms with Crippen LogP contribution in [-0.2, 0) is 13.0 Å². The molecule has 1 aliphatic carbocycles. The first-order valence-electron chi connectivity index (χ1n) is 9.00. The Morgan fingerprint density at radius 1 is 1.11 bits per heavy atom. The summed E-state index contributed by atoms with van der Waals surface area (Å²) in [6, 6.07) is 3.44. The molecule has 27 heavy (non-hydrogen) atoms. The molecule has 1 amide bonds. The van der Waals surface area contributed by atoms with Crippen molar-refractivity contribution in [2.45, 2.75) is 25.8 Å². The van der Waals surface area contributed by atoms with Crippen LogP contribution in [0.15, 0.2) is 18.2 Å². The second-order valence-electron chi connectivity index (χ2n) is 6.83. The number of ketones is 1. The van der Waals surface area contributed by atoms with Crippen molar-refractivity contribution in [3.63, 3.8) is 0 Å². The van der Waals surface area contributed by atoms with Gasteiger partial charge in [0.05, 0.1) is 17.1 Å². The largest absolute Gasteiger partial charge is 0.336 e. The van der Waals surface area contributed by atoms with E-state index in [9.17, 15) is 18.4 Å². The Morgan fingerprint density at radius 3 is 2.48 bits per heavy atom. The average molecular weight is 391 g/mol. The highest BCUT2D eigenvalue weighted by Gasteiger charge is 2.28. The van der Waals surface area contributed by atoms with Crippen molar-refractivity contribution in [1.29, 1.82) is 0 Å². The van der Waals surface area contributed by atoms with Gasteiger partial charge in [0.25, 0.3) is 5.91 Å². The van der Waals surface area contributed by atoms with Crippen molar-refractivity contribution in [1.82, 2.24) is 14.8 Å². The van der Waals surface area contributed by atoms with E-state index in [2.05, 4.69) is 9.88 Å². The zero-order valence-corrected chi connectivity index (χ0v) is 15.5. The minimum Gasteiger partial charge on any atom is -0.336 e. The number of aryl methyl sites for hydroxylation is 1. The van der Waals surface area contributed by atoms with Crippen molar-refractivity contribution in [3.05, 3.63) is 51.0 Å². The van der Waals surface area contributed by atoms with Crippen molar-refractivity contribution < 1.29 is 18.4 Å². The lowest BCUT2D eigenvalue weighted by atomic mass is 10.0. The van der Waals surface area contributed by atoms with E-state index in [0.29, 0.717) is 39.1 Å². The molecular formula is C19H19F2N3O2S. The van der Waals surface area contributed by atoms with E-state index in [0.717, 1.165) is 40.6 Å². The van der Waals surface area contributed by atoms with Crippen LogP contribution in [-0.4, -0.2) is 52.7 Å². The molecule has 2 aromatic rings. The zero-order chi connectivity index (χ0) is 19.0. The monoisotopic (exact) mass is 391 g/mol. The first-order chi connectivity index (χ1) is 13.0. The summed E-state index contributed by atoms with van der Waals surface area (Å²) in [6.07, 6.45) is 2.32. The van der Waals surface area contributed by atoms with E-state index in [1.165, 1.54) is 22.3 Å². The lowest BCUT2D eigenvalue weighted by Gasteiger charge is -2.34. The summed E-state index contributed by atoms with van der Waals surface area (Å²) in [5.74, 6) is -2.09. The van der Waals surface area contributed by atoms with Gasteiger partial charge in [0.15, 0.2) is 5.78 Å². The van der Waals surface area contributed by atoms with Crippen LogP contribution in [0.5, 0.6) is 0 Å². The quantitative estimate of drug-likeness (QED) is 0.807. The van der Waals surface area contributed by atoms with Gasteiger partial charge in [0.2, 0.25) is 0 Å². The second-order valence-corrected chi connectivity index (χ2v) is 7.91. The fourth-order valence-electron chi connectivity index (χ4n) is 3.55. The number of carbonyl (C=O) groups excluding carboxylic acids is 2. The smallest absolute Gasteiger partial charge is 0.259 e. The summed E-state index contributed by atoms with van der Waals surface area (Å²) in [5, 5.41) is 0.912. The highest BCUT2D eigenvalue weighted by atomic mass is 32.1. The number of aromatic nitrogens is 1. The van der Waals surface area contributed by atoms with Crippen LogP contribution in [0, 0.1) is 11.6 Å². The molecule has 0 bridgehead atoms. The number of Topliss-reactive ketones (excluding diaryl/α,β-unsaturated/α-hetero) is 1. The van der Waals surface area contributed by atoms with Gasteiger partial charge in [-0.15, -0.1) is 11.3 Å². The van der Waals surface area contributed by atoms with Crippen molar-refractivity contribution >= 4 is 23.0 Å². The van der Waals surface area contributed by atoms with Crippen LogP contribution in [0.3, 0.4) is 0 Å². The van der Waals surface area contributed by atoms with Gasteiger partial charge in [-0.3, -0.25) is 14.5 Å². The Bertz CT molecular complexity index is 871. The molecule has 1 saturated heterocycles. The van der Waals surface area contributed by atoms with Crippen LogP contribution in [0.4, 0.5) is 8.78 Å². The standard InChI is InChI=1S/C19H19F2N3O2S/c20-12-3-1-4-13(21)17(12)19(26)24-9-7-23(8-10-24)11-16-22-14-5-2-6-15(25)18(14)27-16/h1,3-4H,2,5-11H2. The number of amides is 1. The summed E-state index contributed by atoms with van der Waals surface area (Å²) in [6.45, 7) is 2.62. The highest BCUT2D eigenvalue weighted by molar-refractivity contribution is 7.13. The number of piperazine rings is 1. The maximum absolute atomic E-state index is 13.8. The van der Waals surface area contributed by atoms with Gasteiger partial charge in [-0.25, -0.2) is 13.8 Å². The number of rotatable bonds is 3. The molecular weight excluding hydrogens is 372 g/mol. The molecule has 0 atom stereocenters. The molecule has 1 aromatic carbocycles. The number of nitrogens with zero attached hydrogens (tertiary/aromatic N) is 3. The minimum atomic E-state index is -0.833. The Labute approximate surface area is 159 Å². The van der Waals surface area contributed by atoms with Crippen LogP contribution >= 0.6 is 11.3 Å². The summed E-state index contributed by atoms with van der Waals surface area (Å²) in [4.78, 5) is 33.4. The lowest BCUT2D eigenvalue weighted by Crippen LogP contribution is -2.48. The molecule has 2 aliphatic rings. The molecule has 142 valence electrons. The molecule has 0 N–H and O–H groups in total. The average Bonchev–Trinajstić information content (AvgIpc) is 3.06. The van der Waals surface area contributed by atoms with Crippen LogP contribution in [0.1, 0.15) is 43.6 Å². The number of hydrogen-bond donors (Lipinski definition) is 0. The van der Waals surface area contributed by atoms with Gasteiger partial charge in [-0.05, 0) is 25.0 Å². The van der Waals surface area contributed by atoms with Gasteiger partial charge in [-0.2, -0.15) is 0 Å². The van der Waals surface area contributed by atoms with Crippen molar-refractivity contribution in [2.75, 3.05) is 26.2 Å². The number of hydrogen-bond acceptors (Lipinski definition) is 5. The molecule has 0 radical (unpaired) electrons. The molecule has 4 rings (SSSR count). The van der Waals surface area contributed by atoms with Crippen molar-refractivity contribution in [3.8, 4) is 0 Å². The van der Waals surface area contributed by atoms with E-state index >= 15 is 0 Å². The van der Waals surface area contributed by atoms with E-state index < -0.39 is 23.1 Å². The molecule has 1 aromatic heterocycles. The lowest BCUT2D eigenvalue weighted by molar-refractivity contribution is 0.0619. The second kappa shape index (κ2) is 7.44. The number of thiazole rings is 1. The number of carbonyl (C=O) groups is 2. The van der Waals surface area contributed by atoms with E-state index in [4.69, 9.17) is 0 Å². The first kappa shape index (κ1) is 18.2. The predicted octanol–water partition coefficient (Wildman–Crippen LogP) is 2.90. The van der Waals surface area contributed by atoms with Crippen LogP contribution in [0.25, 0.3) is 0 Å². The molecule has 8 heteroatoms. The van der Waals surface area contributed by atoms with E-state index in [-0.39, 0.29) is 5.78 Å². The fourth-order valence-corrected chi connectivity index (χ4v) is 4.67. The number of benzene rings is 1. The Hall–Kier alpha value is -2.19. The summed E-state index contributed by atoms with van der Waals surface area (Å²) in [5.41, 5.74) is 0.423. The zero-order valence-electron chi connectivity index (χ0n) is 14.7. The Morgan fingerprint density at radius 2 is 1.81 bits per heavy atom. The Kier molecular flexibility index (Phi) is 5.01. The molecule has 5 nitrogen and oxygen atoms in total. The third-order valence-electron chi connectivity index (χ3n) is 5.01. The molecule has 1 aliphatic heterocycles. The van der Waals surface area contributed by atoms with Gasteiger partial charge in [0, 0.05) is 32.6 Å². The van der Waals surface area contributed by atoms with Gasteiger partial charge < -0.3 is 4.90 Å². The molecule has 0 unspecified atom stereocenters. The Balaban J connectivity index is 1.38. The minimum absolute atomic E-state index is 0.183. The maximum Gasteiger partial charge on any atom is 0.259 e. The summed E-state index contributed by atoms with van der Waals surface area (Å²) >= 11 is 1.46. The van der Waals surface area contributed by atoms with E-state index in [1.54, 1.807) is 0 Å². The number of fused-ring (bicyclic) bond motifs is 1. The van der Waals surface area contributed by atoms with Crippen LogP contribution < -0.4 is 0 Å². The van der Waals surface area contributed by atoms with Gasteiger partial charge >= 0.3 is 0 Å². The molecule has 2 heterocycles. The highest BCUT2D eigenvalue weighted by Crippen LogP contribution is 2.27. The molecule has 0 saturated carbocycles. The first-order valence-corrected chi connectivity index (χ1v) is 9.82. The normalized spacial score (nSPS) is 17.9. The third-order valence-corrected chi connectivity index (χ3v) is 6.13. The molecule has 1 fully saturated rings. The third kappa shape index (κ3) is 3.64. The van der Waals surface area contributed by atoms with Crippen molar-refractivity contribution in [2.24, 2.45) is 0 Å². The van der Waals surface area contributed by atoms with Crippen LogP contribution in [0.2, 0.25) is 0 Å². The fraction of sp³-hybridized carbons (Fsp3) is 0.421. The number of halogens is 2. The van der Waals surface area contributed by atoms with E-state index in [1.807, 2.05) is 0 Å². The summed E-state index contributed by atoms with van der Waals surface area (Å²) < 4.78 is 27.7. The predicted molar refractivity (Wildman–Crippen MR) is 96.9 cm³/mol. The summed E-state index contributed by atoms with van der Waals surface area (Å²) in [7, 11) is 0. The topological polar surface area (TPSA) is 53.5 Å². The molecule has 0 spiro atoms. The van der Waals surface area contributed by atoms with Gasteiger partial charge in [-0.1, -0.05) is 6.07 Å².